The van der Waals surface area contributed by atoms with Gasteiger partial charge in [-0.2, -0.15) is 0 Å². The third-order valence-corrected chi connectivity index (χ3v) is 15.3. The summed E-state index contributed by atoms with van der Waals surface area (Å²) in [5.41, 5.74) is 0. The van der Waals surface area contributed by atoms with E-state index in [4.69, 9.17) is 30.0 Å². The molecule has 0 bridgehead atoms. The highest BCUT2D eigenvalue weighted by molar-refractivity contribution is 6.83. The average molecular weight is 543 g/mol. The second-order valence-electron chi connectivity index (χ2n) is 10.3. The standard InChI is InChI=1S/C22H54O7Si4/c1-11-15-19-23-32(24-20-16-12-2,27-30(5,6)7)29-33(25-21-17-13-3,26-22-18-14-4)28-31(8,9)10/h11-22H2,1-10H3. The van der Waals surface area contributed by atoms with Gasteiger partial charge in [-0.05, 0) is 65.0 Å². The summed E-state index contributed by atoms with van der Waals surface area (Å²) in [6, 6.07) is 0. The molecule has 7 nitrogen and oxygen atoms in total. The van der Waals surface area contributed by atoms with Crippen LogP contribution in [-0.4, -0.2) is 61.2 Å². The van der Waals surface area contributed by atoms with Crippen LogP contribution in [-0.2, 0) is 30.0 Å². The van der Waals surface area contributed by atoms with Crippen molar-refractivity contribution in [3.8, 4) is 0 Å². The van der Waals surface area contributed by atoms with E-state index in [1.165, 1.54) is 0 Å². The molecule has 0 aromatic heterocycles. The predicted molar refractivity (Wildman–Crippen MR) is 145 cm³/mol. The van der Waals surface area contributed by atoms with Gasteiger partial charge in [0.15, 0.2) is 16.6 Å². The Hall–Kier alpha value is 0.588. The molecule has 0 spiro atoms. The van der Waals surface area contributed by atoms with Gasteiger partial charge >= 0.3 is 18.1 Å². The Morgan fingerprint density at radius 3 is 0.818 bits per heavy atom. The van der Waals surface area contributed by atoms with Gasteiger partial charge in [0, 0.05) is 26.4 Å². The van der Waals surface area contributed by atoms with Gasteiger partial charge < -0.3 is 30.0 Å². The number of rotatable bonds is 22. The molecule has 0 saturated heterocycles. The molecule has 11 heteroatoms. The van der Waals surface area contributed by atoms with Crippen molar-refractivity contribution in [1.29, 1.82) is 0 Å². The topological polar surface area (TPSA) is 64.6 Å². The Balaban J connectivity index is 6.26. The maximum Gasteiger partial charge on any atom is 0.663 e. The van der Waals surface area contributed by atoms with E-state index in [-0.39, 0.29) is 0 Å². The van der Waals surface area contributed by atoms with Gasteiger partial charge in [0.25, 0.3) is 0 Å². The van der Waals surface area contributed by atoms with E-state index >= 15 is 0 Å². The van der Waals surface area contributed by atoms with Crippen molar-refractivity contribution in [3.05, 3.63) is 0 Å². The highest BCUT2D eigenvalue weighted by Crippen LogP contribution is 2.29. The van der Waals surface area contributed by atoms with Crippen molar-refractivity contribution in [2.75, 3.05) is 26.4 Å². The van der Waals surface area contributed by atoms with Crippen LogP contribution in [0, 0.1) is 0 Å². The van der Waals surface area contributed by atoms with E-state index in [2.05, 4.69) is 67.0 Å². The van der Waals surface area contributed by atoms with Crippen molar-refractivity contribution in [2.45, 2.75) is 118 Å². The SMILES string of the molecule is CCCCO[Si](OCCCC)(O[Si](C)(C)C)O[Si](OCCCC)(OCCCC)O[Si](C)(C)C. The molecule has 0 N–H and O–H groups in total. The normalized spacial score (nSPS) is 13.6. The summed E-state index contributed by atoms with van der Waals surface area (Å²) in [5, 5.41) is 0. The zero-order valence-electron chi connectivity index (χ0n) is 23.3. The highest BCUT2D eigenvalue weighted by atomic mass is 28.5. The molecule has 0 unspecified atom stereocenters. The van der Waals surface area contributed by atoms with Crippen LogP contribution >= 0.6 is 0 Å². The molecule has 0 aliphatic rings. The maximum absolute atomic E-state index is 6.78. The van der Waals surface area contributed by atoms with Crippen LogP contribution in [0.3, 0.4) is 0 Å². The van der Waals surface area contributed by atoms with Crippen molar-refractivity contribution in [3.63, 3.8) is 0 Å². The van der Waals surface area contributed by atoms with E-state index < -0.39 is 34.7 Å². The molecule has 0 rings (SSSR count). The first-order chi connectivity index (χ1) is 15.4. The summed E-state index contributed by atoms with van der Waals surface area (Å²) in [5.74, 6) is 0. The molecule has 200 valence electrons. The Kier molecular flexibility index (Phi) is 17.4. The molecule has 0 amide bonds. The van der Waals surface area contributed by atoms with Crippen LogP contribution < -0.4 is 0 Å². The van der Waals surface area contributed by atoms with Gasteiger partial charge in [-0.15, -0.1) is 0 Å². The molecular formula is C22H54O7Si4. The maximum atomic E-state index is 6.78. The Bertz CT molecular complexity index is 422. The van der Waals surface area contributed by atoms with E-state index in [1.807, 2.05) is 0 Å². The first-order valence-corrected chi connectivity index (χ1v) is 23.1. The van der Waals surface area contributed by atoms with Gasteiger partial charge in [-0.1, -0.05) is 53.4 Å². The second-order valence-corrected chi connectivity index (χ2v) is 24.4. The molecule has 0 aromatic carbocycles. The van der Waals surface area contributed by atoms with Crippen molar-refractivity contribution >= 4 is 34.7 Å². The third-order valence-electron chi connectivity index (χ3n) is 4.22. The Morgan fingerprint density at radius 2 is 0.636 bits per heavy atom. The number of unbranched alkanes of at least 4 members (excludes halogenated alkanes) is 4. The Morgan fingerprint density at radius 1 is 0.394 bits per heavy atom. The van der Waals surface area contributed by atoms with Gasteiger partial charge in [-0.25, -0.2) is 0 Å². The minimum Gasteiger partial charge on any atom is -0.395 e. The second kappa shape index (κ2) is 17.1. The predicted octanol–water partition coefficient (Wildman–Crippen LogP) is 6.84. The molecule has 33 heavy (non-hydrogen) atoms. The molecule has 0 fully saturated rings. The van der Waals surface area contributed by atoms with Crippen LogP contribution in [0.15, 0.2) is 0 Å². The van der Waals surface area contributed by atoms with E-state index in [0.717, 1.165) is 51.4 Å². The smallest absolute Gasteiger partial charge is 0.395 e. The van der Waals surface area contributed by atoms with Crippen LogP contribution in [0.4, 0.5) is 0 Å². The summed E-state index contributed by atoms with van der Waals surface area (Å²) in [6.45, 7) is 23.4. The zero-order chi connectivity index (χ0) is 25.4. The van der Waals surface area contributed by atoms with Crippen molar-refractivity contribution in [2.24, 2.45) is 0 Å². The van der Waals surface area contributed by atoms with Crippen molar-refractivity contribution < 1.29 is 30.0 Å². The summed E-state index contributed by atoms with van der Waals surface area (Å²) in [7, 11) is -11.4. The first-order valence-electron chi connectivity index (χ1n) is 13.0. The molecule has 0 heterocycles. The van der Waals surface area contributed by atoms with Crippen LogP contribution in [0.2, 0.25) is 39.3 Å². The summed E-state index contributed by atoms with van der Waals surface area (Å²) < 4.78 is 45.6. The fourth-order valence-electron chi connectivity index (χ4n) is 2.63. The third kappa shape index (κ3) is 16.8. The minimum atomic E-state index is -3.59. The zero-order valence-corrected chi connectivity index (χ0v) is 27.3. The molecular weight excluding hydrogens is 489 g/mol. The number of hydrogen-bond donors (Lipinski definition) is 0. The largest absolute Gasteiger partial charge is 0.663 e. The fourth-order valence-corrected chi connectivity index (χ4v) is 14.6. The molecule has 0 aliphatic carbocycles. The lowest BCUT2D eigenvalue weighted by Crippen LogP contribution is -2.66. The van der Waals surface area contributed by atoms with Crippen LogP contribution in [0.5, 0.6) is 0 Å². The lowest BCUT2D eigenvalue weighted by molar-refractivity contribution is -0.0336. The lowest BCUT2D eigenvalue weighted by Gasteiger charge is -2.40. The van der Waals surface area contributed by atoms with E-state index in [0.29, 0.717) is 26.4 Å². The van der Waals surface area contributed by atoms with E-state index in [1.54, 1.807) is 0 Å². The fraction of sp³-hybridized carbons (Fsp3) is 1.00. The van der Waals surface area contributed by atoms with Gasteiger partial charge in [-0.3, -0.25) is 0 Å². The van der Waals surface area contributed by atoms with Gasteiger partial charge in [0.1, 0.15) is 0 Å². The quantitative estimate of drug-likeness (QED) is 0.109. The van der Waals surface area contributed by atoms with Gasteiger partial charge in [0.2, 0.25) is 0 Å². The van der Waals surface area contributed by atoms with Crippen LogP contribution in [0.1, 0.15) is 79.1 Å². The molecule has 0 aliphatic heterocycles. The lowest BCUT2D eigenvalue weighted by atomic mass is 10.4. The van der Waals surface area contributed by atoms with Crippen LogP contribution in [0.25, 0.3) is 0 Å². The summed E-state index contributed by atoms with van der Waals surface area (Å²) in [6.07, 6.45) is 7.67. The summed E-state index contributed by atoms with van der Waals surface area (Å²) in [4.78, 5) is 0. The monoisotopic (exact) mass is 542 g/mol. The highest BCUT2D eigenvalue weighted by Gasteiger charge is 2.61. The van der Waals surface area contributed by atoms with Gasteiger partial charge in [0.05, 0.1) is 0 Å². The van der Waals surface area contributed by atoms with Crippen molar-refractivity contribution in [1.82, 2.24) is 0 Å². The molecule has 0 atom stereocenters. The van der Waals surface area contributed by atoms with E-state index in [9.17, 15) is 0 Å². The summed E-state index contributed by atoms with van der Waals surface area (Å²) >= 11 is 0. The first kappa shape index (κ1) is 33.6. The minimum absolute atomic E-state index is 0.515. The molecule has 0 radical (unpaired) electrons. The molecule has 0 aromatic rings. The Labute approximate surface area is 209 Å². The molecule has 0 saturated carbocycles. The number of hydrogen-bond acceptors (Lipinski definition) is 7. The average Bonchev–Trinajstić information content (AvgIpc) is 2.66.